The van der Waals surface area contributed by atoms with Gasteiger partial charge in [0.25, 0.3) is 0 Å². The molecule has 0 aromatic rings. The van der Waals surface area contributed by atoms with E-state index in [1.807, 2.05) is 6.08 Å². The lowest BCUT2D eigenvalue weighted by Gasteiger charge is -1.98. The summed E-state index contributed by atoms with van der Waals surface area (Å²) in [7, 11) is 0. The highest BCUT2D eigenvalue weighted by atomic mass is 13.9. The van der Waals surface area contributed by atoms with Gasteiger partial charge in [-0.2, -0.15) is 0 Å². The van der Waals surface area contributed by atoms with E-state index in [-0.39, 0.29) is 0 Å². The molecule has 0 aliphatic rings. The van der Waals surface area contributed by atoms with Gasteiger partial charge in [-0.15, -0.1) is 6.58 Å². The summed E-state index contributed by atoms with van der Waals surface area (Å²) >= 11 is 0. The molecular weight excluding hydrogens is 108 g/mol. The van der Waals surface area contributed by atoms with Crippen LogP contribution < -0.4 is 0 Å². The third-order valence-corrected chi connectivity index (χ3v) is 1.24. The Kier molecular flexibility index (Phi) is 5.29. The summed E-state index contributed by atoms with van der Waals surface area (Å²) < 4.78 is 0. The van der Waals surface area contributed by atoms with Gasteiger partial charge >= 0.3 is 0 Å². The Morgan fingerprint density at radius 3 is 2.67 bits per heavy atom. The molecule has 0 bridgehead atoms. The lowest BCUT2D eigenvalue weighted by molar-refractivity contribution is 0.742. The molecule has 0 aliphatic carbocycles. The van der Waals surface area contributed by atoms with Crippen molar-refractivity contribution in [2.45, 2.75) is 26.7 Å². The Balaban J connectivity index is 3.35. The molecule has 0 heteroatoms. The van der Waals surface area contributed by atoms with Crippen molar-refractivity contribution in [1.29, 1.82) is 0 Å². The van der Waals surface area contributed by atoms with Gasteiger partial charge in [0, 0.05) is 0 Å². The van der Waals surface area contributed by atoms with Gasteiger partial charge in [0.15, 0.2) is 0 Å². The van der Waals surface area contributed by atoms with Gasteiger partial charge < -0.3 is 0 Å². The molecule has 52 valence electrons. The maximum absolute atomic E-state index is 3.67. The van der Waals surface area contributed by atoms with Crippen molar-refractivity contribution < 1.29 is 0 Å². The van der Waals surface area contributed by atoms with Crippen LogP contribution >= 0.6 is 0 Å². The lowest BCUT2D eigenvalue weighted by atomic mass is 10.1. The fourth-order valence-electron chi connectivity index (χ4n) is 0.710. The summed E-state index contributed by atoms with van der Waals surface area (Å²) in [5.74, 6) is 0.669. The van der Waals surface area contributed by atoms with E-state index in [2.05, 4.69) is 32.6 Å². The van der Waals surface area contributed by atoms with E-state index in [1.165, 1.54) is 0 Å². The van der Waals surface area contributed by atoms with Crippen LogP contribution in [0.1, 0.15) is 26.7 Å². The molecule has 0 amide bonds. The molecule has 0 saturated carbocycles. The highest BCUT2D eigenvalue weighted by molar-refractivity contribution is 4.88. The van der Waals surface area contributed by atoms with Crippen LogP contribution in [0.5, 0.6) is 0 Å². The molecule has 0 spiro atoms. The van der Waals surface area contributed by atoms with Crippen molar-refractivity contribution in [3.63, 3.8) is 0 Å². The molecule has 1 atom stereocenters. The Labute approximate surface area is 58.3 Å². The molecular formula is C9H16. The molecule has 0 aliphatic heterocycles. The predicted molar refractivity (Wildman–Crippen MR) is 43.4 cm³/mol. The molecule has 9 heavy (non-hydrogen) atoms. The molecule has 0 radical (unpaired) electrons. The van der Waals surface area contributed by atoms with E-state index in [4.69, 9.17) is 0 Å². The first-order valence-corrected chi connectivity index (χ1v) is 3.58. The first-order chi connectivity index (χ1) is 4.31. The topological polar surface area (TPSA) is 0 Å². The Morgan fingerprint density at radius 2 is 2.22 bits per heavy atom. The second-order valence-corrected chi connectivity index (χ2v) is 2.34. The third-order valence-electron chi connectivity index (χ3n) is 1.24. The predicted octanol–water partition coefficient (Wildman–Crippen LogP) is 3.16. The molecule has 0 aromatic heterocycles. The van der Waals surface area contributed by atoms with Gasteiger partial charge in [0.05, 0.1) is 0 Å². The van der Waals surface area contributed by atoms with Crippen molar-refractivity contribution in [2.24, 2.45) is 5.92 Å². The van der Waals surface area contributed by atoms with Crippen LogP contribution in [-0.4, -0.2) is 0 Å². The average molecular weight is 124 g/mol. The number of allylic oxidation sites excluding steroid dienone is 3. The van der Waals surface area contributed by atoms with Crippen LogP contribution in [0.25, 0.3) is 0 Å². The molecule has 0 rings (SSSR count). The fraction of sp³-hybridized carbons (Fsp3) is 0.556. The first-order valence-electron chi connectivity index (χ1n) is 3.58. The van der Waals surface area contributed by atoms with E-state index < -0.39 is 0 Å². The maximum atomic E-state index is 3.67. The second kappa shape index (κ2) is 5.61. The van der Waals surface area contributed by atoms with Crippen molar-refractivity contribution in [3.05, 3.63) is 24.8 Å². The summed E-state index contributed by atoms with van der Waals surface area (Å²) in [5.41, 5.74) is 0. The minimum Gasteiger partial charge on any atom is -0.103 e. The van der Waals surface area contributed by atoms with Gasteiger partial charge in [0.1, 0.15) is 0 Å². The zero-order chi connectivity index (χ0) is 7.11. The van der Waals surface area contributed by atoms with E-state index in [0.29, 0.717) is 5.92 Å². The summed E-state index contributed by atoms with van der Waals surface area (Å²) in [5, 5.41) is 0. The standard InChI is InChI=1S/C9H16/c1-4-6-8-9(3)7-5-2/h5-6,8-9H,2,4,7H2,1,3H3/t9-/m0/s1. The van der Waals surface area contributed by atoms with E-state index in [0.717, 1.165) is 12.8 Å². The summed E-state index contributed by atoms with van der Waals surface area (Å²) in [4.78, 5) is 0. The van der Waals surface area contributed by atoms with Crippen molar-refractivity contribution >= 4 is 0 Å². The zero-order valence-corrected chi connectivity index (χ0v) is 6.43. The summed E-state index contributed by atoms with van der Waals surface area (Å²) in [6.45, 7) is 8.03. The highest BCUT2D eigenvalue weighted by Crippen LogP contribution is 2.03. The number of hydrogen-bond donors (Lipinski definition) is 0. The van der Waals surface area contributed by atoms with Gasteiger partial charge in [-0.05, 0) is 18.8 Å². The largest absolute Gasteiger partial charge is 0.103 e. The Morgan fingerprint density at radius 1 is 1.56 bits per heavy atom. The molecule has 0 saturated heterocycles. The summed E-state index contributed by atoms with van der Waals surface area (Å²) in [6.07, 6.45) is 8.64. The summed E-state index contributed by atoms with van der Waals surface area (Å²) in [6, 6.07) is 0. The monoisotopic (exact) mass is 124 g/mol. The minimum atomic E-state index is 0.669. The molecule has 0 N–H and O–H groups in total. The van der Waals surface area contributed by atoms with E-state index in [1.54, 1.807) is 0 Å². The van der Waals surface area contributed by atoms with Gasteiger partial charge in [0.2, 0.25) is 0 Å². The molecule has 0 fully saturated rings. The smallest absolute Gasteiger partial charge is 0.0227 e. The first kappa shape index (κ1) is 8.48. The highest BCUT2D eigenvalue weighted by Gasteiger charge is 1.89. The van der Waals surface area contributed by atoms with Crippen LogP contribution in [0, 0.1) is 5.92 Å². The van der Waals surface area contributed by atoms with Crippen molar-refractivity contribution in [3.8, 4) is 0 Å². The molecule has 0 nitrogen and oxygen atoms in total. The van der Waals surface area contributed by atoms with Crippen LogP contribution in [0.4, 0.5) is 0 Å². The van der Waals surface area contributed by atoms with Crippen LogP contribution in [-0.2, 0) is 0 Å². The van der Waals surface area contributed by atoms with Crippen molar-refractivity contribution in [2.75, 3.05) is 0 Å². The molecule has 0 unspecified atom stereocenters. The molecule has 0 aromatic carbocycles. The quantitative estimate of drug-likeness (QED) is 0.505. The normalized spacial score (nSPS) is 14.0. The van der Waals surface area contributed by atoms with Gasteiger partial charge in [-0.25, -0.2) is 0 Å². The molecule has 0 heterocycles. The number of rotatable bonds is 4. The second-order valence-electron chi connectivity index (χ2n) is 2.34. The van der Waals surface area contributed by atoms with Crippen LogP contribution in [0.15, 0.2) is 24.8 Å². The van der Waals surface area contributed by atoms with Crippen molar-refractivity contribution in [1.82, 2.24) is 0 Å². The Hall–Kier alpha value is -0.520. The minimum absolute atomic E-state index is 0.669. The van der Waals surface area contributed by atoms with Crippen LogP contribution in [0.2, 0.25) is 0 Å². The van der Waals surface area contributed by atoms with Gasteiger partial charge in [-0.3, -0.25) is 0 Å². The Bertz CT molecular complexity index is 90.2. The third kappa shape index (κ3) is 5.35. The zero-order valence-electron chi connectivity index (χ0n) is 6.43. The fourth-order valence-corrected chi connectivity index (χ4v) is 0.710. The number of hydrogen-bond acceptors (Lipinski definition) is 0. The SMILES string of the molecule is C=CC[C@H](C)C=CCC. The van der Waals surface area contributed by atoms with E-state index in [9.17, 15) is 0 Å². The maximum Gasteiger partial charge on any atom is -0.0227 e. The van der Waals surface area contributed by atoms with Gasteiger partial charge in [-0.1, -0.05) is 32.1 Å². The lowest BCUT2D eigenvalue weighted by Crippen LogP contribution is -1.84. The average Bonchev–Trinajstić information content (AvgIpc) is 1.85. The van der Waals surface area contributed by atoms with E-state index >= 15 is 0 Å². The van der Waals surface area contributed by atoms with Crippen LogP contribution in [0.3, 0.4) is 0 Å².